The number of phenolic OH excluding ortho intramolecular Hbond substituents is 2. The number of piperidine rings is 4. The second-order valence-corrected chi connectivity index (χ2v) is 42.7. The van der Waals surface area contributed by atoms with Crippen molar-refractivity contribution >= 4 is 162 Å². The predicted octanol–water partition coefficient (Wildman–Crippen LogP) is 12.7. The van der Waals surface area contributed by atoms with Crippen molar-refractivity contribution < 1.29 is 67.7 Å². The largest absolute Gasteiger partial charge is 0.504 e. The highest BCUT2D eigenvalue weighted by molar-refractivity contribution is 8.01. The highest BCUT2D eigenvalue weighted by Gasteiger charge is 2.57. The van der Waals surface area contributed by atoms with Gasteiger partial charge in [-0.05, 0) is 177 Å². The number of hydrogen-bond donors (Lipinski definition) is 8. The molecule has 22 nitrogen and oxygen atoms in total. The first-order valence-corrected chi connectivity index (χ1v) is 50.5. The van der Waals surface area contributed by atoms with Gasteiger partial charge in [0.2, 0.25) is 5.91 Å². The molecule has 124 heavy (non-hydrogen) atoms. The minimum absolute atomic E-state index is 0.00213. The Morgan fingerprint density at radius 1 is 0.427 bits per heavy atom. The van der Waals surface area contributed by atoms with Gasteiger partial charge in [-0.25, -0.2) is 0 Å². The lowest BCUT2D eigenvalue weighted by Crippen LogP contribution is -2.49. The highest BCUT2D eigenvalue weighted by Crippen LogP contribution is 2.56. The van der Waals surface area contributed by atoms with Gasteiger partial charge in [0.15, 0.2) is 11.5 Å². The third kappa shape index (κ3) is 15.2. The van der Waals surface area contributed by atoms with Gasteiger partial charge >= 0.3 is 14.2 Å². The van der Waals surface area contributed by atoms with E-state index >= 15 is 0 Å². The lowest BCUT2D eigenvalue weighted by molar-refractivity contribution is -0.139. The minimum Gasteiger partial charge on any atom is -0.504 e. The number of aromatic hydroxyl groups is 2. The van der Waals surface area contributed by atoms with Crippen molar-refractivity contribution in [2.45, 2.75) is 149 Å². The summed E-state index contributed by atoms with van der Waals surface area (Å²) in [4.78, 5) is 65.8. The normalized spacial score (nSPS) is 22.5. The third-order valence-corrected chi connectivity index (χ3v) is 37.2. The number of thioether (sulfide) groups is 4. The van der Waals surface area contributed by atoms with Crippen LogP contribution in [0.3, 0.4) is 0 Å². The Balaban J connectivity index is 0.000000135. The number of nitrogens with zero attached hydrogens (tertiary/aromatic N) is 4. The van der Waals surface area contributed by atoms with Crippen LogP contribution in [0, 0.1) is 17.8 Å². The van der Waals surface area contributed by atoms with Crippen LogP contribution < -0.4 is 52.8 Å². The number of likely N-dealkylation sites (tertiary alicyclic amines) is 4. The molecular formula is C93H104B2N8O14S7. The maximum Gasteiger partial charge on any atom is 0.494 e. The highest BCUT2D eigenvalue weighted by atomic mass is 32.2. The van der Waals surface area contributed by atoms with Crippen LogP contribution >= 0.6 is 81.1 Å². The van der Waals surface area contributed by atoms with Crippen LogP contribution in [0.4, 0.5) is 0 Å². The Hall–Kier alpha value is -7.69. The summed E-state index contributed by atoms with van der Waals surface area (Å²) in [6.07, 6.45) is 17.8. The molecule has 31 heteroatoms. The number of fused-ring (bicyclic) bond motifs is 13. The average Bonchev–Trinajstić information content (AvgIpc) is 1.58. The summed E-state index contributed by atoms with van der Waals surface area (Å²) < 4.78 is 40.9. The standard InChI is InChI=1S/C47H55BN4O6S3.C23H25BN2O4S2.C23H24N2O4S2/c1-59-41-22-33(43(53)51-13-9-46(10-14-51)25-55-37-7-3-27(23-49)17-35(37)46)31-20-39-40(21-32(31)41)58-48(57-39)29-5-6-30-34(19-29)45(60-2)61-42(30)44(54)52-15-11-47(12-16-52)26-56-38-8-4-28(24-50)18-36(38)47;1-31-22-17-11-15(24(28)29)3-4-16(17)20(32-22)21(27)26-8-6-23(7-9-26)13-30-19-5-2-14(12-25)10-18(19)23;1-30-22-15-10-18(27)17(26)9-14(15)20(31-22)21(28)25-6-4-23(5-7-25)12-29-19-3-2-13(11-24)8-16(19)23/h3-8,17-19,31-33,39-41H,9-16,20-26,49-50H2,1-2H3;2-5,10-11,28-29H,6-9,12-13,25H2,1H3;2-3,8-10,26-27H,4-7,11-12,24H2,1H3. The van der Waals surface area contributed by atoms with Crippen LogP contribution in [0.5, 0.6) is 34.5 Å². The molecule has 2 aliphatic carbocycles. The summed E-state index contributed by atoms with van der Waals surface area (Å²) in [5.74, 6) is 4.60. The summed E-state index contributed by atoms with van der Waals surface area (Å²) in [6, 6.07) is 39.7. The van der Waals surface area contributed by atoms with E-state index in [1.165, 1.54) is 68.8 Å². The quantitative estimate of drug-likeness (QED) is 0.0285. The topological polar surface area (TPSA) is 322 Å². The number of nitrogens with two attached hydrogens (primary N) is 4. The second-order valence-electron chi connectivity index (χ2n) is 35.4. The first-order valence-electron chi connectivity index (χ1n) is 43.1. The summed E-state index contributed by atoms with van der Waals surface area (Å²) in [6.45, 7) is 10.2. The van der Waals surface area contributed by atoms with Gasteiger partial charge in [-0.2, -0.15) is 11.8 Å². The number of carbonyl (C=O) groups is 4. The van der Waals surface area contributed by atoms with Crippen LogP contribution in [0.25, 0.3) is 32.3 Å². The molecule has 4 amide bonds. The van der Waals surface area contributed by atoms with E-state index in [9.17, 15) is 39.4 Å². The molecule has 10 aromatic rings. The Bertz CT molecular complexity index is 5820. The average molecular weight is 1800 g/mol. The molecule has 648 valence electrons. The number of phenols is 2. The number of carbonyl (C=O) groups excluding carboxylic acids is 4. The van der Waals surface area contributed by atoms with E-state index in [0.29, 0.717) is 130 Å². The second kappa shape index (κ2) is 34.7. The SMILES string of the molecule is CSc1sc(C(=O)N2CCC3(CC2)COc2ccc(CN)cc23)c2cc(O)c(O)cc12.CSc1sc(C(=O)N2CCC3(CC2)COc2ccc(CN)cc23)c2ccc(B(O)O)cc12.CSc1sc(C(=O)N2CCC3(CC2)COc2ccc(CN)cc23)c2ccc(B3OC4CC5C(SC)CC(C(=O)N6CCC7(CC6)COc6ccc(CN)cc67)C5CC4O3)cc12. The lowest BCUT2D eigenvalue weighted by Gasteiger charge is -2.41. The van der Waals surface area contributed by atoms with E-state index < -0.39 is 14.2 Å². The Labute approximate surface area is 751 Å². The third-order valence-electron chi connectivity index (χ3n) is 29.0. The smallest absolute Gasteiger partial charge is 0.494 e. The Morgan fingerprint density at radius 3 is 1.15 bits per heavy atom. The monoisotopic (exact) mass is 1800 g/mol. The van der Waals surface area contributed by atoms with Gasteiger partial charge in [-0.15, -0.1) is 69.3 Å². The van der Waals surface area contributed by atoms with Crippen LogP contribution in [-0.4, -0.2) is 199 Å². The van der Waals surface area contributed by atoms with E-state index in [-0.39, 0.29) is 74.9 Å². The molecule has 2 saturated carbocycles. The predicted molar refractivity (Wildman–Crippen MR) is 498 cm³/mol. The van der Waals surface area contributed by atoms with Gasteiger partial charge in [-0.1, -0.05) is 84.9 Å². The fourth-order valence-electron chi connectivity index (χ4n) is 21.7. The van der Waals surface area contributed by atoms with Crippen molar-refractivity contribution in [1.82, 2.24) is 19.6 Å². The summed E-state index contributed by atoms with van der Waals surface area (Å²) in [5, 5.41) is 44.7. The van der Waals surface area contributed by atoms with Crippen molar-refractivity contribution in [3.63, 3.8) is 0 Å². The Morgan fingerprint density at radius 2 is 0.774 bits per heavy atom. The van der Waals surface area contributed by atoms with E-state index in [1.807, 2.05) is 75.4 Å². The fourth-order valence-corrected chi connectivity index (χ4v) is 28.6. The number of hydrogen-bond acceptors (Lipinski definition) is 25. The van der Waals surface area contributed by atoms with Crippen LogP contribution in [-0.2, 0) is 61.9 Å². The fraction of sp³-hybridized carbons (Fsp3) is 0.441. The Kier molecular flexibility index (Phi) is 24.0. The van der Waals surface area contributed by atoms with Gasteiger partial charge in [-0.3, -0.25) is 19.2 Å². The van der Waals surface area contributed by atoms with Gasteiger partial charge in [0.05, 0.1) is 51.3 Å². The molecule has 6 atom stereocenters. The first-order chi connectivity index (χ1) is 60.1. The van der Waals surface area contributed by atoms with Crippen molar-refractivity contribution in [1.29, 1.82) is 0 Å². The number of ether oxygens (including phenoxy) is 4. The molecule has 0 bridgehead atoms. The molecule has 7 fully saturated rings. The molecule has 21 rings (SSSR count). The molecule has 3 aromatic heterocycles. The van der Waals surface area contributed by atoms with Crippen molar-refractivity contribution in [2.24, 2.45) is 40.7 Å². The minimum atomic E-state index is -1.53. The van der Waals surface area contributed by atoms with E-state index in [2.05, 4.69) is 78.1 Å². The zero-order chi connectivity index (χ0) is 85.8. The molecule has 11 aliphatic rings. The molecule has 5 saturated heterocycles. The van der Waals surface area contributed by atoms with Crippen molar-refractivity contribution in [3.8, 4) is 34.5 Å². The lowest BCUT2D eigenvalue weighted by atomic mass is 9.73. The number of rotatable bonds is 14. The first kappa shape index (κ1) is 85.7. The summed E-state index contributed by atoms with van der Waals surface area (Å²) in [7, 11) is -2.00. The van der Waals surface area contributed by atoms with E-state index in [4.69, 9.17) is 51.2 Å². The van der Waals surface area contributed by atoms with E-state index in [0.717, 1.165) is 179 Å². The maximum atomic E-state index is 14.5. The van der Waals surface area contributed by atoms with E-state index in [1.54, 1.807) is 47.0 Å². The van der Waals surface area contributed by atoms with Gasteiger partial charge in [0.1, 0.15) is 37.6 Å². The number of amides is 4. The van der Waals surface area contributed by atoms with Gasteiger partial charge < -0.3 is 91.1 Å². The molecule has 6 unspecified atom stereocenters. The molecule has 9 aliphatic heterocycles. The summed E-state index contributed by atoms with van der Waals surface area (Å²) >= 11 is 11.2. The van der Waals surface area contributed by atoms with Gasteiger partial charge in [0.25, 0.3) is 17.7 Å². The van der Waals surface area contributed by atoms with Crippen molar-refractivity contribution in [2.75, 3.05) is 104 Å². The van der Waals surface area contributed by atoms with Gasteiger partial charge in [0, 0.05) is 166 Å². The molecular weight excluding hydrogens is 1700 g/mol. The van der Waals surface area contributed by atoms with Crippen LogP contribution in [0.2, 0.25) is 0 Å². The van der Waals surface area contributed by atoms with Crippen molar-refractivity contribution in [3.05, 3.63) is 180 Å². The maximum absolute atomic E-state index is 14.5. The molecule has 7 aromatic carbocycles. The number of thiophene rings is 3. The zero-order valence-electron chi connectivity index (χ0n) is 70.1. The summed E-state index contributed by atoms with van der Waals surface area (Å²) in [5.41, 5.74) is 34.3. The molecule has 12 heterocycles. The molecule has 0 radical (unpaired) electrons. The molecule has 4 spiro atoms. The molecule has 12 N–H and O–H groups in total. The zero-order valence-corrected chi connectivity index (χ0v) is 75.8. The number of benzene rings is 7. The van der Waals surface area contributed by atoms with Crippen LogP contribution in [0.15, 0.2) is 134 Å². The van der Waals surface area contributed by atoms with Crippen LogP contribution in [0.1, 0.15) is 144 Å².